The molecule has 1 aliphatic rings. The van der Waals surface area contributed by atoms with Gasteiger partial charge in [0.05, 0.1) is 20.7 Å². The Morgan fingerprint density at radius 3 is 2.30 bits per heavy atom. The average molecular weight is 460 g/mol. The fourth-order valence-corrected chi connectivity index (χ4v) is 5.55. The molecule has 0 radical (unpaired) electrons. The normalized spacial score (nSPS) is 15.9. The zero-order chi connectivity index (χ0) is 21.9. The molecule has 4 nitrogen and oxygen atoms in total. The molecule has 0 bridgehead atoms. The van der Waals surface area contributed by atoms with E-state index in [0.717, 1.165) is 6.07 Å². The largest absolute Gasteiger partial charge is 0.417 e. The molecule has 9 heteroatoms. The van der Waals surface area contributed by atoms with Crippen LogP contribution in [0.2, 0.25) is 5.02 Å². The van der Waals surface area contributed by atoms with Gasteiger partial charge in [0, 0.05) is 19.5 Å². The Morgan fingerprint density at radius 1 is 1.07 bits per heavy atom. The number of rotatable bonds is 5. The molecule has 2 aromatic rings. The summed E-state index contributed by atoms with van der Waals surface area (Å²) < 4.78 is 64.3. The van der Waals surface area contributed by atoms with Crippen molar-refractivity contribution < 1.29 is 26.4 Å². The van der Waals surface area contributed by atoms with Gasteiger partial charge in [-0.1, -0.05) is 35.9 Å². The van der Waals surface area contributed by atoms with Crippen LogP contribution < -0.4 is 0 Å². The van der Waals surface area contributed by atoms with E-state index in [1.807, 2.05) is 0 Å². The van der Waals surface area contributed by atoms with Gasteiger partial charge in [-0.2, -0.15) is 13.2 Å². The Balaban J connectivity index is 1.56. The summed E-state index contributed by atoms with van der Waals surface area (Å²) in [6.07, 6.45) is -3.68. The van der Waals surface area contributed by atoms with Crippen LogP contribution in [0.4, 0.5) is 13.2 Å². The third-order valence-corrected chi connectivity index (χ3v) is 7.88. The highest BCUT2D eigenvalue weighted by Crippen LogP contribution is 2.35. The number of piperidine rings is 1. The lowest BCUT2D eigenvalue weighted by Gasteiger charge is -2.32. The monoisotopic (exact) mass is 459 g/mol. The average Bonchev–Trinajstić information content (AvgIpc) is 2.73. The number of likely N-dealkylation sites (tertiary alicyclic amines) is 1. The van der Waals surface area contributed by atoms with Crippen LogP contribution in [-0.2, 0) is 27.2 Å². The van der Waals surface area contributed by atoms with Crippen LogP contribution in [0, 0.1) is 0 Å². The van der Waals surface area contributed by atoms with E-state index in [1.54, 1.807) is 35.2 Å². The SMILES string of the molecule is O=C(CCc1ccc(Cl)c(C(F)(F)F)c1)N1CCC(S(=O)(=O)c2ccccc2)CC1. The number of hydrogen-bond donors (Lipinski definition) is 0. The van der Waals surface area contributed by atoms with Crippen LogP contribution in [0.3, 0.4) is 0 Å². The van der Waals surface area contributed by atoms with Gasteiger partial charge in [-0.25, -0.2) is 8.42 Å². The number of aryl methyl sites for hydroxylation is 1. The van der Waals surface area contributed by atoms with Crippen LogP contribution in [0.15, 0.2) is 53.4 Å². The van der Waals surface area contributed by atoms with Gasteiger partial charge >= 0.3 is 6.18 Å². The van der Waals surface area contributed by atoms with Gasteiger partial charge in [-0.3, -0.25) is 4.79 Å². The highest BCUT2D eigenvalue weighted by atomic mass is 35.5. The first-order chi connectivity index (χ1) is 14.1. The molecule has 0 saturated carbocycles. The molecular formula is C21H21ClF3NO3S. The minimum atomic E-state index is -4.55. The summed E-state index contributed by atoms with van der Waals surface area (Å²) in [6.45, 7) is 0.619. The van der Waals surface area contributed by atoms with Crippen molar-refractivity contribution in [3.63, 3.8) is 0 Å². The maximum absolute atomic E-state index is 13.0. The predicted molar refractivity (Wildman–Crippen MR) is 108 cm³/mol. The van der Waals surface area contributed by atoms with E-state index in [2.05, 4.69) is 0 Å². The van der Waals surface area contributed by atoms with Crippen LogP contribution in [0.1, 0.15) is 30.4 Å². The van der Waals surface area contributed by atoms with Gasteiger partial charge in [0.1, 0.15) is 0 Å². The van der Waals surface area contributed by atoms with E-state index in [1.165, 1.54) is 12.1 Å². The van der Waals surface area contributed by atoms with E-state index in [0.29, 0.717) is 31.5 Å². The standard InChI is InChI=1S/C21H21ClF3NO3S/c22-19-8-6-15(14-18(19)21(23,24)25)7-9-20(27)26-12-10-17(11-13-26)30(28,29)16-4-2-1-3-5-16/h1-6,8,14,17H,7,9-13H2. The van der Waals surface area contributed by atoms with E-state index in [-0.39, 0.29) is 28.7 Å². The van der Waals surface area contributed by atoms with Gasteiger partial charge in [-0.15, -0.1) is 0 Å². The molecule has 0 aromatic heterocycles. The summed E-state index contributed by atoms with van der Waals surface area (Å²) in [4.78, 5) is 14.3. The summed E-state index contributed by atoms with van der Waals surface area (Å²) in [5, 5.41) is -0.922. The van der Waals surface area contributed by atoms with Gasteiger partial charge in [0.2, 0.25) is 5.91 Å². The number of sulfone groups is 1. The highest BCUT2D eigenvalue weighted by Gasteiger charge is 2.34. The zero-order valence-corrected chi connectivity index (χ0v) is 17.6. The number of halogens is 4. The molecule has 0 aliphatic carbocycles. The Labute approximate surface area is 178 Å². The molecule has 1 heterocycles. The van der Waals surface area contributed by atoms with E-state index in [9.17, 15) is 26.4 Å². The van der Waals surface area contributed by atoms with Crippen LogP contribution in [-0.4, -0.2) is 37.6 Å². The smallest absolute Gasteiger partial charge is 0.343 e. The lowest BCUT2D eigenvalue weighted by molar-refractivity contribution is -0.137. The van der Waals surface area contributed by atoms with Gasteiger partial charge in [-0.05, 0) is 49.1 Å². The molecular weight excluding hydrogens is 439 g/mol. The van der Waals surface area contributed by atoms with E-state index in [4.69, 9.17) is 11.6 Å². The van der Waals surface area contributed by atoms with Crippen molar-refractivity contribution >= 4 is 27.3 Å². The third-order valence-electron chi connectivity index (χ3n) is 5.27. The molecule has 2 aromatic carbocycles. The number of amides is 1. The molecule has 1 aliphatic heterocycles. The molecule has 162 valence electrons. The number of nitrogens with zero attached hydrogens (tertiary/aromatic N) is 1. The number of hydrogen-bond acceptors (Lipinski definition) is 3. The van der Waals surface area contributed by atoms with Crippen molar-refractivity contribution in [3.05, 3.63) is 64.7 Å². The summed E-state index contributed by atoms with van der Waals surface area (Å²) in [5.74, 6) is -0.200. The fraction of sp³-hybridized carbons (Fsp3) is 0.381. The topological polar surface area (TPSA) is 54.5 Å². The maximum Gasteiger partial charge on any atom is 0.417 e. The molecule has 0 unspecified atom stereocenters. The first-order valence-electron chi connectivity index (χ1n) is 9.51. The van der Waals surface area contributed by atoms with Gasteiger partial charge in [0.25, 0.3) is 0 Å². The zero-order valence-electron chi connectivity index (χ0n) is 16.0. The van der Waals surface area contributed by atoms with Crippen LogP contribution >= 0.6 is 11.6 Å². The summed E-state index contributed by atoms with van der Waals surface area (Å²) >= 11 is 5.62. The van der Waals surface area contributed by atoms with Crippen molar-refractivity contribution in [1.29, 1.82) is 0 Å². The second-order valence-electron chi connectivity index (χ2n) is 7.25. The Kier molecular flexibility index (Phi) is 6.77. The number of alkyl halides is 3. The Morgan fingerprint density at radius 2 is 1.70 bits per heavy atom. The summed E-state index contributed by atoms with van der Waals surface area (Å²) in [5.41, 5.74) is -0.539. The minimum Gasteiger partial charge on any atom is -0.343 e. The molecule has 3 rings (SSSR count). The van der Waals surface area contributed by atoms with E-state index >= 15 is 0 Å². The van der Waals surface area contributed by atoms with Crippen molar-refractivity contribution in [2.75, 3.05) is 13.1 Å². The Bertz CT molecular complexity index is 1000. The molecule has 0 spiro atoms. The van der Waals surface area contributed by atoms with Crippen molar-refractivity contribution in [3.8, 4) is 0 Å². The van der Waals surface area contributed by atoms with Crippen molar-refractivity contribution in [2.24, 2.45) is 0 Å². The maximum atomic E-state index is 13.0. The first-order valence-corrected chi connectivity index (χ1v) is 11.4. The number of carbonyl (C=O) groups excluding carboxylic acids is 1. The molecule has 30 heavy (non-hydrogen) atoms. The highest BCUT2D eigenvalue weighted by molar-refractivity contribution is 7.92. The Hall–Kier alpha value is -2.06. The van der Waals surface area contributed by atoms with Crippen LogP contribution in [0.25, 0.3) is 0 Å². The van der Waals surface area contributed by atoms with Crippen molar-refractivity contribution in [1.82, 2.24) is 4.90 Å². The summed E-state index contributed by atoms with van der Waals surface area (Å²) in [6, 6.07) is 11.8. The van der Waals surface area contributed by atoms with Gasteiger partial charge < -0.3 is 4.90 Å². The number of carbonyl (C=O) groups is 1. The van der Waals surface area contributed by atoms with Crippen LogP contribution in [0.5, 0.6) is 0 Å². The molecule has 1 fully saturated rings. The molecule has 0 N–H and O–H groups in total. The van der Waals surface area contributed by atoms with Crippen molar-refractivity contribution in [2.45, 2.75) is 42.0 Å². The molecule has 1 amide bonds. The second-order valence-corrected chi connectivity index (χ2v) is 9.89. The quantitative estimate of drug-likeness (QED) is 0.648. The predicted octanol–water partition coefficient (Wildman–Crippen LogP) is 4.76. The number of benzene rings is 2. The lowest BCUT2D eigenvalue weighted by atomic mass is 10.0. The minimum absolute atomic E-state index is 0.0506. The molecule has 1 saturated heterocycles. The summed E-state index contributed by atoms with van der Waals surface area (Å²) in [7, 11) is -3.45. The second kappa shape index (κ2) is 8.98. The fourth-order valence-electron chi connectivity index (χ4n) is 3.57. The third kappa shape index (κ3) is 5.16. The lowest BCUT2D eigenvalue weighted by Crippen LogP contribution is -2.42. The van der Waals surface area contributed by atoms with Gasteiger partial charge in [0.15, 0.2) is 9.84 Å². The molecule has 0 atom stereocenters. The first kappa shape index (κ1) is 22.6. The van der Waals surface area contributed by atoms with E-state index < -0.39 is 26.8 Å².